The Morgan fingerprint density at radius 2 is 1.80 bits per heavy atom. The molecule has 1 aromatic heterocycles. The minimum atomic E-state index is -0.404. The van der Waals surface area contributed by atoms with Gasteiger partial charge in [-0.15, -0.1) is 0 Å². The number of nitrogens with zero attached hydrogens (tertiary/aromatic N) is 4. The Balaban J connectivity index is 1.61. The molecule has 1 amide bonds. The van der Waals surface area contributed by atoms with Crippen molar-refractivity contribution in [2.75, 3.05) is 30.0 Å². The molecule has 7 heteroatoms. The lowest BCUT2D eigenvalue weighted by molar-refractivity contribution is 0.0977. The molecule has 182 valence electrons. The largest absolute Gasteiger partial charge is 0.497 e. The SMILES string of the molecule is COc1cccc(N(C(=O)c2cnc(N3CCCCC3)nc2-c2ccccc2F)C2CCCC2)c1. The maximum Gasteiger partial charge on any atom is 0.262 e. The van der Waals surface area contributed by atoms with Gasteiger partial charge in [0.25, 0.3) is 5.91 Å². The van der Waals surface area contributed by atoms with E-state index in [2.05, 4.69) is 9.88 Å². The number of amides is 1. The number of rotatable bonds is 6. The summed E-state index contributed by atoms with van der Waals surface area (Å²) in [5.74, 6) is 0.616. The Morgan fingerprint density at radius 3 is 2.54 bits per heavy atom. The average molecular weight is 475 g/mol. The lowest BCUT2D eigenvalue weighted by Crippen LogP contribution is -2.39. The maximum atomic E-state index is 15.0. The Morgan fingerprint density at radius 1 is 1.03 bits per heavy atom. The molecule has 0 bridgehead atoms. The van der Waals surface area contributed by atoms with Crippen LogP contribution in [0.15, 0.2) is 54.7 Å². The van der Waals surface area contributed by atoms with Gasteiger partial charge in [0.2, 0.25) is 5.95 Å². The number of hydrogen-bond acceptors (Lipinski definition) is 5. The van der Waals surface area contributed by atoms with Crippen LogP contribution in [0, 0.1) is 5.82 Å². The number of hydrogen-bond donors (Lipinski definition) is 0. The topological polar surface area (TPSA) is 58.6 Å². The van der Waals surface area contributed by atoms with E-state index in [4.69, 9.17) is 9.72 Å². The van der Waals surface area contributed by atoms with Crippen molar-refractivity contribution in [1.29, 1.82) is 0 Å². The molecule has 0 spiro atoms. The van der Waals surface area contributed by atoms with Crippen LogP contribution in [0.2, 0.25) is 0 Å². The summed E-state index contributed by atoms with van der Waals surface area (Å²) < 4.78 is 20.4. The van der Waals surface area contributed by atoms with Gasteiger partial charge < -0.3 is 14.5 Å². The second kappa shape index (κ2) is 10.4. The molecule has 2 aromatic carbocycles. The molecular weight excluding hydrogens is 443 g/mol. The Kier molecular flexibility index (Phi) is 6.93. The van der Waals surface area contributed by atoms with Crippen LogP contribution in [0.4, 0.5) is 16.0 Å². The molecule has 2 aliphatic rings. The van der Waals surface area contributed by atoms with Crippen LogP contribution in [0.25, 0.3) is 11.3 Å². The first-order chi connectivity index (χ1) is 17.2. The third kappa shape index (κ3) is 4.85. The van der Waals surface area contributed by atoms with E-state index in [1.807, 2.05) is 29.2 Å². The lowest BCUT2D eigenvalue weighted by atomic mass is 10.0. The van der Waals surface area contributed by atoms with Crippen LogP contribution in [0.3, 0.4) is 0 Å². The normalized spacial score (nSPS) is 16.3. The van der Waals surface area contributed by atoms with Gasteiger partial charge in [0.15, 0.2) is 0 Å². The van der Waals surface area contributed by atoms with Crippen molar-refractivity contribution in [3.63, 3.8) is 0 Å². The number of methoxy groups -OCH3 is 1. The zero-order valence-electron chi connectivity index (χ0n) is 20.1. The summed E-state index contributed by atoms with van der Waals surface area (Å²) >= 11 is 0. The lowest BCUT2D eigenvalue weighted by Gasteiger charge is -2.31. The quantitative estimate of drug-likeness (QED) is 0.447. The summed E-state index contributed by atoms with van der Waals surface area (Å²) in [7, 11) is 1.62. The Hall–Kier alpha value is -3.48. The highest BCUT2D eigenvalue weighted by Gasteiger charge is 2.32. The molecule has 1 saturated heterocycles. The predicted molar refractivity (Wildman–Crippen MR) is 136 cm³/mol. The van der Waals surface area contributed by atoms with Gasteiger partial charge in [-0.3, -0.25) is 4.79 Å². The van der Waals surface area contributed by atoms with Crippen molar-refractivity contribution in [2.24, 2.45) is 0 Å². The molecule has 5 rings (SSSR count). The molecular formula is C28H31FN4O2. The van der Waals surface area contributed by atoms with Gasteiger partial charge >= 0.3 is 0 Å². The fraction of sp³-hybridized carbons (Fsp3) is 0.393. The minimum Gasteiger partial charge on any atom is -0.497 e. The number of carbonyl (C=O) groups excluding carboxylic acids is 1. The molecule has 1 aliphatic heterocycles. The van der Waals surface area contributed by atoms with Crippen molar-refractivity contribution in [2.45, 2.75) is 51.0 Å². The van der Waals surface area contributed by atoms with Crippen LogP contribution in [0.5, 0.6) is 5.75 Å². The van der Waals surface area contributed by atoms with Gasteiger partial charge in [-0.2, -0.15) is 0 Å². The molecule has 3 aromatic rings. The van der Waals surface area contributed by atoms with Crippen molar-refractivity contribution in [3.05, 3.63) is 66.1 Å². The van der Waals surface area contributed by atoms with E-state index in [-0.39, 0.29) is 11.9 Å². The summed E-state index contributed by atoms with van der Waals surface area (Å²) in [6.45, 7) is 1.73. The fourth-order valence-corrected chi connectivity index (χ4v) is 5.18. The van der Waals surface area contributed by atoms with Crippen LogP contribution in [-0.2, 0) is 0 Å². The van der Waals surface area contributed by atoms with E-state index in [1.165, 1.54) is 12.5 Å². The van der Waals surface area contributed by atoms with E-state index in [0.717, 1.165) is 57.3 Å². The number of anilines is 2. The zero-order valence-corrected chi connectivity index (χ0v) is 20.1. The van der Waals surface area contributed by atoms with Gasteiger partial charge in [0.1, 0.15) is 11.6 Å². The molecule has 1 aliphatic carbocycles. The fourth-order valence-electron chi connectivity index (χ4n) is 5.18. The van der Waals surface area contributed by atoms with Gasteiger partial charge in [-0.25, -0.2) is 14.4 Å². The summed E-state index contributed by atoms with van der Waals surface area (Å²) in [6.07, 6.45) is 8.91. The van der Waals surface area contributed by atoms with E-state index in [0.29, 0.717) is 28.5 Å². The molecule has 1 saturated carbocycles. The Labute approximate surface area is 205 Å². The van der Waals surface area contributed by atoms with Gasteiger partial charge in [0, 0.05) is 42.6 Å². The molecule has 35 heavy (non-hydrogen) atoms. The molecule has 0 N–H and O–H groups in total. The molecule has 0 radical (unpaired) electrons. The summed E-state index contributed by atoms with van der Waals surface area (Å²) in [5, 5.41) is 0. The van der Waals surface area contributed by atoms with Crippen molar-refractivity contribution in [1.82, 2.24) is 9.97 Å². The molecule has 6 nitrogen and oxygen atoms in total. The minimum absolute atomic E-state index is 0.0600. The second-order valence-electron chi connectivity index (χ2n) is 9.27. The second-order valence-corrected chi connectivity index (χ2v) is 9.27. The zero-order chi connectivity index (χ0) is 24.2. The van der Waals surface area contributed by atoms with Crippen LogP contribution >= 0.6 is 0 Å². The smallest absolute Gasteiger partial charge is 0.262 e. The number of halogens is 1. The van der Waals surface area contributed by atoms with Gasteiger partial charge in [-0.1, -0.05) is 31.0 Å². The van der Waals surface area contributed by atoms with Crippen LogP contribution in [-0.4, -0.2) is 42.1 Å². The van der Waals surface area contributed by atoms with Crippen molar-refractivity contribution >= 4 is 17.5 Å². The summed E-state index contributed by atoms with van der Waals surface area (Å²) in [6, 6.07) is 14.1. The summed E-state index contributed by atoms with van der Waals surface area (Å²) in [4.78, 5) is 27.5. The predicted octanol–water partition coefficient (Wildman–Crippen LogP) is 5.87. The Bertz CT molecular complexity index is 1190. The highest BCUT2D eigenvalue weighted by atomic mass is 19.1. The number of piperidine rings is 1. The average Bonchev–Trinajstić information content (AvgIpc) is 3.44. The van der Waals surface area contributed by atoms with E-state index in [9.17, 15) is 4.79 Å². The van der Waals surface area contributed by atoms with Crippen molar-refractivity contribution in [3.8, 4) is 17.0 Å². The first-order valence-electron chi connectivity index (χ1n) is 12.5. The molecule has 0 unspecified atom stereocenters. The first kappa shape index (κ1) is 23.3. The third-order valence-corrected chi connectivity index (χ3v) is 7.01. The number of aromatic nitrogens is 2. The van der Waals surface area contributed by atoms with Crippen LogP contribution < -0.4 is 14.5 Å². The molecule has 2 fully saturated rings. The number of benzene rings is 2. The number of carbonyl (C=O) groups is 1. The van der Waals surface area contributed by atoms with Crippen LogP contribution in [0.1, 0.15) is 55.3 Å². The molecule has 2 heterocycles. The standard InChI is InChI=1S/C28H31FN4O2/c1-35-22-13-9-12-21(18-22)33(20-10-3-4-11-20)27(34)24-19-30-28(32-16-7-2-8-17-32)31-26(24)23-14-5-6-15-25(23)29/h5-6,9,12-15,18-20H,2-4,7-8,10-11,16-17H2,1H3. The molecule has 0 atom stereocenters. The van der Waals surface area contributed by atoms with Crippen molar-refractivity contribution < 1.29 is 13.9 Å². The van der Waals surface area contributed by atoms with Gasteiger partial charge in [0.05, 0.1) is 18.4 Å². The monoisotopic (exact) mass is 474 g/mol. The van der Waals surface area contributed by atoms with E-state index in [1.54, 1.807) is 31.5 Å². The highest BCUT2D eigenvalue weighted by Crippen LogP contribution is 2.34. The highest BCUT2D eigenvalue weighted by molar-refractivity contribution is 6.10. The number of ether oxygens (including phenoxy) is 1. The first-order valence-corrected chi connectivity index (χ1v) is 12.5. The van der Waals surface area contributed by atoms with Gasteiger partial charge in [-0.05, 0) is 56.4 Å². The maximum absolute atomic E-state index is 15.0. The van der Waals surface area contributed by atoms with E-state index >= 15 is 4.39 Å². The summed E-state index contributed by atoms with van der Waals surface area (Å²) in [5.41, 5.74) is 1.73. The third-order valence-electron chi connectivity index (χ3n) is 7.01. The van der Waals surface area contributed by atoms with E-state index < -0.39 is 5.82 Å².